The van der Waals surface area contributed by atoms with Crippen LogP contribution in [0.25, 0.3) is 33.4 Å². The Morgan fingerprint density at radius 3 is 2.34 bits per heavy atom. The Morgan fingerprint density at radius 2 is 1.59 bits per heavy atom. The second-order valence-electron chi connectivity index (χ2n) is 11.0. The van der Waals surface area contributed by atoms with Crippen LogP contribution in [0.15, 0.2) is 79.1 Å². The van der Waals surface area contributed by atoms with E-state index in [1.807, 2.05) is 54.4 Å². The van der Waals surface area contributed by atoms with Crippen LogP contribution in [-0.4, -0.2) is 74.2 Å². The van der Waals surface area contributed by atoms with Gasteiger partial charge in [0.2, 0.25) is 6.35 Å². The molecule has 0 aliphatic carbocycles. The zero-order valence-corrected chi connectivity index (χ0v) is 24.4. The number of aryl methyl sites for hydroxylation is 1. The Hall–Kier alpha value is -4.52. The number of hydrogen-bond acceptors (Lipinski definition) is 8. The maximum absolute atomic E-state index is 14.0. The molecule has 3 N–H and O–H groups in total. The number of hydrogen-bond donors (Lipinski definition) is 3. The van der Waals surface area contributed by atoms with E-state index in [1.165, 1.54) is 6.07 Å². The fourth-order valence-corrected chi connectivity index (χ4v) is 5.50. The summed E-state index contributed by atoms with van der Waals surface area (Å²) in [6, 6.07) is 19.7. The minimum absolute atomic E-state index is 0.143. The number of anilines is 2. The van der Waals surface area contributed by atoms with Crippen LogP contribution >= 0.6 is 0 Å². The van der Waals surface area contributed by atoms with Gasteiger partial charge < -0.3 is 20.6 Å². The number of nitrogens with zero attached hydrogens (tertiary/aromatic N) is 6. The molecule has 0 spiro atoms. The lowest BCUT2D eigenvalue weighted by Gasteiger charge is -2.33. The Kier molecular flexibility index (Phi) is 8.21. The summed E-state index contributed by atoms with van der Waals surface area (Å²) in [7, 11) is 3.79. The van der Waals surface area contributed by atoms with Crippen molar-refractivity contribution in [3.8, 4) is 22.4 Å². The van der Waals surface area contributed by atoms with E-state index in [0.29, 0.717) is 18.9 Å². The van der Waals surface area contributed by atoms with Gasteiger partial charge in [0.05, 0.1) is 22.3 Å². The minimum Gasteiger partial charge on any atom is -0.357 e. The van der Waals surface area contributed by atoms with Crippen molar-refractivity contribution in [3.63, 3.8) is 0 Å². The van der Waals surface area contributed by atoms with Crippen LogP contribution in [0, 0.1) is 0 Å². The van der Waals surface area contributed by atoms with Gasteiger partial charge in [-0.3, -0.25) is 19.5 Å². The predicted molar refractivity (Wildman–Crippen MR) is 165 cm³/mol. The van der Waals surface area contributed by atoms with Gasteiger partial charge in [-0.05, 0) is 41.9 Å². The first-order chi connectivity index (χ1) is 21.1. The van der Waals surface area contributed by atoms with Crippen molar-refractivity contribution in [2.45, 2.75) is 19.1 Å². The molecule has 3 heterocycles. The minimum atomic E-state index is -4.52. The summed E-state index contributed by atoms with van der Waals surface area (Å²) in [5.74, 6) is 0.360. The van der Waals surface area contributed by atoms with Gasteiger partial charge in [0.25, 0.3) is 0 Å². The molecule has 44 heavy (non-hydrogen) atoms. The second kappa shape index (κ2) is 12.2. The van der Waals surface area contributed by atoms with Crippen molar-refractivity contribution >= 4 is 22.5 Å². The second-order valence-corrected chi connectivity index (χ2v) is 11.0. The highest BCUT2D eigenvalue weighted by Crippen LogP contribution is 2.35. The Balaban J connectivity index is 1.14. The highest BCUT2D eigenvalue weighted by molar-refractivity contribution is 5.91. The number of aliphatic hydroxyl groups is 1. The number of fused-ring (bicyclic) bond motifs is 1. The fourth-order valence-electron chi connectivity index (χ4n) is 5.50. The van der Waals surface area contributed by atoms with Crippen molar-refractivity contribution < 1.29 is 18.3 Å². The Bertz CT molecular complexity index is 1740. The summed E-state index contributed by atoms with van der Waals surface area (Å²) in [6.45, 7) is 3.29. The normalized spacial score (nSPS) is 15.4. The molecule has 1 aliphatic heterocycles. The summed E-state index contributed by atoms with van der Waals surface area (Å²) in [5.41, 5.74) is 4.94. The monoisotopic (exact) mass is 602 g/mol. The summed E-state index contributed by atoms with van der Waals surface area (Å²) in [5, 5.41) is 20.6. The molecular weight excluding hydrogens is 569 g/mol. The lowest BCUT2D eigenvalue weighted by atomic mass is 10.0. The van der Waals surface area contributed by atoms with E-state index in [4.69, 9.17) is 0 Å². The number of piperazine rings is 1. The SMILES string of the molecule is CN1CCN(Cc2ccc(NC(O)Nc3cc(-c4ccc(-c5cccc6nccnc56)cc4)n(C)n3)cc2C(F)(F)F)CC1. The molecule has 0 radical (unpaired) electrons. The molecule has 1 aliphatic rings. The zero-order chi connectivity index (χ0) is 30.8. The van der Waals surface area contributed by atoms with Crippen LogP contribution in [0.2, 0.25) is 0 Å². The van der Waals surface area contributed by atoms with Crippen LogP contribution in [0.3, 0.4) is 0 Å². The molecule has 228 valence electrons. The van der Waals surface area contributed by atoms with Crippen LogP contribution in [0.5, 0.6) is 0 Å². The third kappa shape index (κ3) is 6.52. The molecule has 1 saturated heterocycles. The van der Waals surface area contributed by atoms with E-state index in [9.17, 15) is 18.3 Å². The highest BCUT2D eigenvalue weighted by atomic mass is 19.4. The van der Waals surface area contributed by atoms with Crippen LogP contribution in [0.1, 0.15) is 11.1 Å². The van der Waals surface area contributed by atoms with Crippen molar-refractivity contribution in [2.24, 2.45) is 7.05 Å². The number of aromatic nitrogens is 4. The summed E-state index contributed by atoms with van der Waals surface area (Å²) >= 11 is 0. The average molecular weight is 603 g/mol. The van der Waals surface area contributed by atoms with Gasteiger partial charge in [0.1, 0.15) is 0 Å². The first kappa shape index (κ1) is 29.5. The number of aliphatic hydroxyl groups excluding tert-OH is 1. The van der Waals surface area contributed by atoms with Gasteiger partial charge in [-0.15, -0.1) is 0 Å². The standard InChI is InChI=1S/C32H33F3N8O/c1-41-14-16-43(17-15-41)20-23-10-11-24(18-26(23)32(33,34)35)38-31(44)39-29-19-28(42(2)40-29)22-8-6-21(7-9-22)25-4-3-5-27-30(25)37-13-12-36-27/h3-13,18-19,31,38,44H,14-17,20H2,1-2H3,(H,39,40). The molecule has 2 aromatic heterocycles. The molecule has 0 amide bonds. The van der Waals surface area contributed by atoms with Crippen molar-refractivity contribution in [1.82, 2.24) is 29.5 Å². The molecule has 5 aromatic rings. The van der Waals surface area contributed by atoms with Gasteiger partial charge in [-0.2, -0.15) is 18.3 Å². The maximum Gasteiger partial charge on any atom is 0.416 e. The van der Waals surface area contributed by atoms with Crippen LogP contribution < -0.4 is 10.6 Å². The number of nitrogens with one attached hydrogen (secondary N) is 2. The number of alkyl halides is 3. The van der Waals surface area contributed by atoms with Gasteiger partial charge in [-0.25, -0.2) is 0 Å². The molecule has 3 aromatic carbocycles. The van der Waals surface area contributed by atoms with E-state index in [-0.39, 0.29) is 17.8 Å². The molecule has 12 heteroatoms. The van der Waals surface area contributed by atoms with Crippen molar-refractivity contribution in [2.75, 3.05) is 43.9 Å². The molecular formula is C32H33F3N8O. The van der Waals surface area contributed by atoms with Crippen LogP contribution in [-0.2, 0) is 19.8 Å². The topological polar surface area (TPSA) is 94.4 Å². The summed E-state index contributed by atoms with van der Waals surface area (Å²) in [4.78, 5) is 13.1. The number of benzene rings is 3. The first-order valence-corrected chi connectivity index (χ1v) is 14.3. The molecule has 1 atom stereocenters. The Morgan fingerprint density at radius 1 is 0.864 bits per heavy atom. The maximum atomic E-state index is 14.0. The quantitative estimate of drug-likeness (QED) is 0.207. The van der Waals surface area contributed by atoms with E-state index < -0.39 is 18.1 Å². The van der Waals surface area contributed by atoms with E-state index >= 15 is 0 Å². The van der Waals surface area contributed by atoms with E-state index in [2.05, 4.69) is 30.6 Å². The third-order valence-corrected chi connectivity index (χ3v) is 7.86. The number of halogens is 3. The average Bonchev–Trinajstić information content (AvgIpc) is 3.37. The van der Waals surface area contributed by atoms with Gasteiger partial charge >= 0.3 is 6.18 Å². The third-order valence-electron chi connectivity index (χ3n) is 7.86. The van der Waals surface area contributed by atoms with E-state index in [1.54, 1.807) is 36.3 Å². The number of para-hydroxylation sites is 1. The first-order valence-electron chi connectivity index (χ1n) is 14.3. The molecule has 9 nitrogen and oxygen atoms in total. The number of rotatable bonds is 8. The van der Waals surface area contributed by atoms with Gasteiger partial charge in [-0.1, -0.05) is 42.5 Å². The lowest BCUT2D eigenvalue weighted by molar-refractivity contribution is -0.138. The highest BCUT2D eigenvalue weighted by Gasteiger charge is 2.34. The summed E-state index contributed by atoms with van der Waals surface area (Å²) in [6.07, 6.45) is -2.56. The fraction of sp³-hybridized carbons (Fsp3) is 0.281. The molecule has 0 bridgehead atoms. The van der Waals surface area contributed by atoms with E-state index in [0.717, 1.165) is 52.6 Å². The lowest BCUT2D eigenvalue weighted by Crippen LogP contribution is -2.44. The van der Waals surface area contributed by atoms with Crippen LogP contribution in [0.4, 0.5) is 24.7 Å². The van der Waals surface area contributed by atoms with Gasteiger partial charge in [0.15, 0.2) is 5.82 Å². The zero-order valence-electron chi connectivity index (χ0n) is 24.4. The number of likely N-dealkylation sites (N-methyl/N-ethyl adjacent to an activating group) is 1. The largest absolute Gasteiger partial charge is 0.416 e. The molecule has 1 fully saturated rings. The van der Waals surface area contributed by atoms with Crippen molar-refractivity contribution in [1.29, 1.82) is 0 Å². The molecule has 0 saturated carbocycles. The van der Waals surface area contributed by atoms with Gasteiger partial charge in [0, 0.05) is 69.5 Å². The molecule has 6 rings (SSSR count). The van der Waals surface area contributed by atoms with Crippen molar-refractivity contribution in [3.05, 3.63) is 90.3 Å². The Labute approximate surface area is 253 Å². The summed E-state index contributed by atoms with van der Waals surface area (Å²) < 4.78 is 43.6. The predicted octanol–water partition coefficient (Wildman–Crippen LogP) is 5.26. The smallest absolute Gasteiger partial charge is 0.357 e. The molecule has 1 unspecified atom stereocenters.